The van der Waals surface area contributed by atoms with Crippen LogP contribution in [-0.2, 0) is 12.8 Å². The van der Waals surface area contributed by atoms with E-state index in [0.717, 1.165) is 36.1 Å². The lowest BCUT2D eigenvalue weighted by Crippen LogP contribution is -2.01. The average molecular weight is 241 g/mol. The molecule has 0 spiro atoms. The second kappa shape index (κ2) is 5.63. The normalized spacial score (nSPS) is 10.6. The van der Waals surface area contributed by atoms with E-state index in [0.29, 0.717) is 5.82 Å². The maximum Gasteiger partial charge on any atom is 0.130 e. The van der Waals surface area contributed by atoms with Crippen LogP contribution in [0, 0.1) is 0 Å². The van der Waals surface area contributed by atoms with Crippen molar-refractivity contribution < 1.29 is 0 Å². The third-order valence-corrected chi connectivity index (χ3v) is 3.07. The molecule has 0 atom stereocenters. The van der Waals surface area contributed by atoms with Crippen LogP contribution in [0.2, 0.25) is 0 Å². The number of hydrogen-bond donors (Lipinski definition) is 1. The van der Waals surface area contributed by atoms with Gasteiger partial charge in [0.25, 0.3) is 0 Å². The Labute approximate surface area is 108 Å². The zero-order valence-electron chi connectivity index (χ0n) is 11.0. The molecule has 18 heavy (non-hydrogen) atoms. The van der Waals surface area contributed by atoms with Gasteiger partial charge >= 0.3 is 0 Å². The fourth-order valence-electron chi connectivity index (χ4n) is 2.19. The molecule has 0 aliphatic rings. The number of nitrogen functional groups attached to an aromatic ring is 1. The fourth-order valence-corrected chi connectivity index (χ4v) is 2.19. The zero-order valence-corrected chi connectivity index (χ0v) is 11.0. The van der Waals surface area contributed by atoms with Crippen molar-refractivity contribution in [1.82, 2.24) is 9.97 Å². The second-order valence-electron chi connectivity index (χ2n) is 4.39. The van der Waals surface area contributed by atoms with Crippen LogP contribution in [0.5, 0.6) is 0 Å². The van der Waals surface area contributed by atoms with Gasteiger partial charge in [0.1, 0.15) is 12.1 Å². The Morgan fingerprint density at radius 1 is 1.17 bits per heavy atom. The number of benzene rings is 1. The van der Waals surface area contributed by atoms with E-state index in [-0.39, 0.29) is 0 Å². The van der Waals surface area contributed by atoms with Crippen molar-refractivity contribution in [2.75, 3.05) is 5.73 Å². The lowest BCUT2D eigenvalue weighted by molar-refractivity contribution is 0.922. The van der Waals surface area contributed by atoms with E-state index in [2.05, 4.69) is 48.1 Å². The van der Waals surface area contributed by atoms with E-state index in [1.54, 1.807) is 0 Å². The summed E-state index contributed by atoms with van der Waals surface area (Å²) in [5, 5.41) is 0. The molecule has 0 unspecified atom stereocenters. The smallest absolute Gasteiger partial charge is 0.130 e. The summed E-state index contributed by atoms with van der Waals surface area (Å²) in [7, 11) is 0. The highest BCUT2D eigenvalue weighted by atomic mass is 14.9. The summed E-state index contributed by atoms with van der Waals surface area (Å²) in [6.45, 7) is 4.27. The molecule has 2 rings (SSSR count). The van der Waals surface area contributed by atoms with Crippen LogP contribution in [0.1, 0.15) is 31.4 Å². The summed E-state index contributed by atoms with van der Waals surface area (Å²) in [6, 6.07) is 8.52. The molecule has 0 saturated heterocycles. The van der Waals surface area contributed by atoms with Crippen molar-refractivity contribution in [2.24, 2.45) is 0 Å². The van der Waals surface area contributed by atoms with Crippen LogP contribution < -0.4 is 5.73 Å². The van der Waals surface area contributed by atoms with E-state index in [1.165, 1.54) is 11.9 Å². The molecule has 1 heterocycles. The van der Waals surface area contributed by atoms with E-state index >= 15 is 0 Å². The van der Waals surface area contributed by atoms with Crippen molar-refractivity contribution in [3.8, 4) is 11.3 Å². The van der Waals surface area contributed by atoms with Crippen LogP contribution >= 0.6 is 0 Å². The SMILES string of the molecule is CCCc1cccc(-c2ncnc(N)c2CC)c1. The minimum Gasteiger partial charge on any atom is -0.383 e. The molecule has 0 saturated carbocycles. The van der Waals surface area contributed by atoms with Gasteiger partial charge in [0.05, 0.1) is 5.69 Å². The summed E-state index contributed by atoms with van der Waals surface area (Å²) >= 11 is 0. The van der Waals surface area contributed by atoms with Gasteiger partial charge in [-0.15, -0.1) is 0 Å². The van der Waals surface area contributed by atoms with Crippen LogP contribution in [-0.4, -0.2) is 9.97 Å². The molecule has 2 N–H and O–H groups in total. The number of hydrogen-bond acceptors (Lipinski definition) is 3. The maximum absolute atomic E-state index is 5.91. The molecule has 2 aromatic rings. The van der Waals surface area contributed by atoms with Crippen molar-refractivity contribution in [3.63, 3.8) is 0 Å². The Bertz CT molecular complexity index is 535. The first kappa shape index (κ1) is 12.6. The number of anilines is 1. The lowest BCUT2D eigenvalue weighted by Gasteiger charge is -2.10. The van der Waals surface area contributed by atoms with Crippen molar-refractivity contribution in [1.29, 1.82) is 0 Å². The first-order chi connectivity index (χ1) is 8.76. The first-order valence-electron chi connectivity index (χ1n) is 6.44. The molecule has 0 amide bonds. The minimum atomic E-state index is 0.586. The minimum absolute atomic E-state index is 0.586. The van der Waals surface area contributed by atoms with Crippen molar-refractivity contribution in [2.45, 2.75) is 33.1 Å². The molecule has 1 aromatic heterocycles. The van der Waals surface area contributed by atoms with Gasteiger partial charge < -0.3 is 5.73 Å². The van der Waals surface area contributed by atoms with Crippen molar-refractivity contribution >= 4 is 5.82 Å². The lowest BCUT2D eigenvalue weighted by atomic mass is 10.0. The molecule has 3 heteroatoms. The maximum atomic E-state index is 5.91. The molecule has 0 fully saturated rings. The van der Waals surface area contributed by atoms with E-state index in [4.69, 9.17) is 5.73 Å². The van der Waals surface area contributed by atoms with Crippen LogP contribution in [0.25, 0.3) is 11.3 Å². The van der Waals surface area contributed by atoms with Crippen molar-refractivity contribution in [3.05, 3.63) is 41.7 Å². The molecule has 94 valence electrons. The monoisotopic (exact) mass is 241 g/mol. The third-order valence-electron chi connectivity index (χ3n) is 3.07. The Morgan fingerprint density at radius 3 is 2.72 bits per heavy atom. The van der Waals surface area contributed by atoms with Gasteiger partial charge in [-0.3, -0.25) is 0 Å². The molecule has 0 radical (unpaired) electrons. The summed E-state index contributed by atoms with van der Waals surface area (Å²) in [6.07, 6.45) is 4.63. The van der Waals surface area contributed by atoms with Crippen LogP contribution in [0.4, 0.5) is 5.82 Å². The Kier molecular flexibility index (Phi) is 3.92. The van der Waals surface area contributed by atoms with Gasteiger partial charge in [0.15, 0.2) is 0 Å². The molecular weight excluding hydrogens is 222 g/mol. The standard InChI is InChI=1S/C15H19N3/c1-3-6-11-7-5-8-12(9-11)14-13(4-2)15(16)18-10-17-14/h5,7-10H,3-4,6H2,1-2H3,(H2,16,17,18). The molecule has 0 bridgehead atoms. The third kappa shape index (κ3) is 2.50. The Balaban J connectivity index is 2.48. The molecule has 0 aliphatic heterocycles. The fraction of sp³-hybridized carbons (Fsp3) is 0.333. The molecule has 0 aliphatic carbocycles. The topological polar surface area (TPSA) is 51.8 Å². The molecular formula is C15H19N3. The van der Waals surface area contributed by atoms with E-state index < -0.39 is 0 Å². The number of nitrogens with zero attached hydrogens (tertiary/aromatic N) is 2. The molecule has 1 aromatic carbocycles. The van der Waals surface area contributed by atoms with Gasteiger partial charge in [0.2, 0.25) is 0 Å². The van der Waals surface area contributed by atoms with E-state index in [9.17, 15) is 0 Å². The Hall–Kier alpha value is -1.90. The summed E-state index contributed by atoms with van der Waals surface area (Å²) in [5.74, 6) is 0.586. The number of nitrogens with two attached hydrogens (primary N) is 1. The van der Waals surface area contributed by atoms with Crippen LogP contribution in [0.3, 0.4) is 0 Å². The number of rotatable bonds is 4. The quantitative estimate of drug-likeness (QED) is 0.894. The van der Waals surface area contributed by atoms with Gasteiger partial charge in [-0.25, -0.2) is 9.97 Å². The van der Waals surface area contributed by atoms with Gasteiger partial charge in [-0.1, -0.05) is 38.5 Å². The Morgan fingerprint density at radius 2 is 2.00 bits per heavy atom. The predicted molar refractivity (Wildman–Crippen MR) is 75.3 cm³/mol. The highest BCUT2D eigenvalue weighted by Gasteiger charge is 2.09. The highest BCUT2D eigenvalue weighted by molar-refractivity contribution is 5.67. The van der Waals surface area contributed by atoms with Gasteiger partial charge in [-0.2, -0.15) is 0 Å². The van der Waals surface area contributed by atoms with Gasteiger partial charge in [-0.05, 0) is 24.5 Å². The number of aryl methyl sites for hydroxylation is 1. The summed E-state index contributed by atoms with van der Waals surface area (Å²) in [4.78, 5) is 8.45. The second-order valence-corrected chi connectivity index (χ2v) is 4.39. The summed E-state index contributed by atoms with van der Waals surface area (Å²) in [5.41, 5.74) is 10.4. The first-order valence-corrected chi connectivity index (χ1v) is 6.44. The zero-order chi connectivity index (χ0) is 13.0. The predicted octanol–water partition coefficient (Wildman–Crippen LogP) is 3.24. The molecule has 3 nitrogen and oxygen atoms in total. The van der Waals surface area contributed by atoms with Gasteiger partial charge in [0, 0.05) is 11.1 Å². The highest BCUT2D eigenvalue weighted by Crippen LogP contribution is 2.25. The van der Waals surface area contributed by atoms with E-state index in [1.807, 2.05) is 0 Å². The van der Waals surface area contributed by atoms with Crippen LogP contribution in [0.15, 0.2) is 30.6 Å². The number of aromatic nitrogens is 2. The summed E-state index contributed by atoms with van der Waals surface area (Å²) < 4.78 is 0. The average Bonchev–Trinajstić information content (AvgIpc) is 2.39. The largest absolute Gasteiger partial charge is 0.383 e.